The Hall–Kier alpha value is -1.14. The first kappa shape index (κ1) is 22.9. The number of likely N-dealkylation sites (N-methyl/N-ethyl adjacent to an activating group) is 2. The molecule has 0 heterocycles. The molecule has 0 bridgehead atoms. The average molecular weight is 369 g/mol. The number of amides is 2. The highest BCUT2D eigenvalue weighted by Crippen LogP contribution is 2.27. The summed E-state index contributed by atoms with van der Waals surface area (Å²) in [6.45, 7) is 14.8. The first-order valence-electron chi connectivity index (χ1n) is 10.3. The van der Waals surface area contributed by atoms with E-state index in [0.717, 1.165) is 25.9 Å². The van der Waals surface area contributed by atoms with E-state index in [4.69, 9.17) is 0 Å². The molecule has 1 aliphatic rings. The Kier molecular flexibility index (Phi) is 10.2. The van der Waals surface area contributed by atoms with Gasteiger partial charge in [-0.2, -0.15) is 0 Å². The highest BCUT2D eigenvalue weighted by atomic mass is 16.2. The maximum atomic E-state index is 12.3. The van der Waals surface area contributed by atoms with Crippen molar-refractivity contribution in [3.8, 4) is 0 Å². The molecular weight excluding hydrogens is 328 g/mol. The molecule has 152 valence electrons. The predicted octanol–water partition coefficient (Wildman–Crippen LogP) is 1.99. The summed E-state index contributed by atoms with van der Waals surface area (Å²) in [6.07, 6.45) is 4.57. The van der Waals surface area contributed by atoms with Crippen molar-refractivity contribution in [3.63, 3.8) is 0 Å². The summed E-state index contributed by atoms with van der Waals surface area (Å²) in [5.74, 6) is 0.179. The van der Waals surface area contributed by atoms with E-state index in [1.807, 2.05) is 27.7 Å². The molecule has 1 saturated carbocycles. The van der Waals surface area contributed by atoms with Crippen LogP contribution in [0.3, 0.4) is 0 Å². The zero-order valence-corrected chi connectivity index (χ0v) is 17.7. The minimum Gasteiger partial charge on any atom is -0.353 e. The maximum Gasteiger partial charge on any atom is 0.234 e. The minimum atomic E-state index is 0.0896. The Morgan fingerprint density at radius 2 is 1.15 bits per heavy atom. The fourth-order valence-electron chi connectivity index (χ4n) is 3.97. The Morgan fingerprint density at radius 1 is 0.808 bits per heavy atom. The smallest absolute Gasteiger partial charge is 0.234 e. The fourth-order valence-corrected chi connectivity index (χ4v) is 3.97. The summed E-state index contributed by atoms with van der Waals surface area (Å²) in [7, 11) is 0. The zero-order valence-electron chi connectivity index (χ0n) is 17.7. The highest BCUT2D eigenvalue weighted by molar-refractivity contribution is 5.78. The summed E-state index contributed by atoms with van der Waals surface area (Å²) in [6, 6.07) is 0.988. The van der Waals surface area contributed by atoms with Crippen molar-refractivity contribution in [2.75, 3.05) is 26.2 Å². The van der Waals surface area contributed by atoms with Gasteiger partial charge in [0.15, 0.2) is 0 Å². The summed E-state index contributed by atoms with van der Waals surface area (Å²) in [5.41, 5.74) is 0. The van der Waals surface area contributed by atoms with E-state index >= 15 is 0 Å². The van der Waals surface area contributed by atoms with Gasteiger partial charge < -0.3 is 10.6 Å². The van der Waals surface area contributed by atoms with Gasteiger partial charge in [-0.3, -0.25) is 19.4 Å². The van der Waals surface area contributed by atoms with Crippen LogP contribution in [-0.4, -0.2) is 72.0 Å². The summed E-state index contributed by atoms with van der Waals surface area (Å²) in [4.78, 5) is 29.2. The number of carbonyl (C=O) groups is 2. The van der Waals surface area contributed by atoms with Gasteiger partial charge in [0.2, 0.25) is 11.8 Å². The third-order valence-corrected chi connectivity index (χ3v) is 5.04. The standard InChI is InChI=1S/C20H40N4O2/c1-7-23(13-19(25)21-15(3)4)17-11-9-10-12-18(17)24(8-2)14-20(26)22-16(5)6/h15-18H,7-14H2,1-6H3,(H,21,25)(H,22,26). The van der Waals surface area contributed by atoms with Crippen molar-refractivity contribution in [2.45, 2.75) is 91.4 Å². The second kappa shape index (κ2) is 11.5. The van der Waals surface area contributed by atoms with Crippen molar-refractivity contribution < 1.29 is 9.59 Å². The van der Waals surface area contributed by atoms with Crippen LogP contribution < -0.4 is 10.6 Å². The van der Waals surface area contributed by atoms with E-state index in [9.17, 15) is 9.59 Å². The van der Waals surface area contributed by atoms with Crippen LogP contribution >= 0.6 is 0 Å². The summed E-state index contributed by atoms with van der Waals surface area (Å²) in [5, 5.41) is 6.00. The van der Waals surface area contributed by atoms with Crippen LogP contribution in [0.25, 0.3) is 0 Å². The third kappa shape index (κ3) is 7.62. The molecule has 1 rings (SSSR count). The molecule has 2 atom stereocenters. The lowest BCUT2D eigenvalue weighted by atomic mass is 9.87. The quantitative estimate of drug-likeness (QED) is 0.619. The van der Waals surface area contributed by atoms with E-state index in [1.54, 1.807) is 0 Å². The lowest BCUT2D eigenvalue weighted by molar-refractivity contribution is -0.126. The Bertz CT molecular complexity index is 400. The van der Waals surface area contributed by atoms with E-state index in [2.05, 4.69) is 34.3 Å². The fraction of sp³-hybridized carbons (Fsp3) is 0.900. The lowest BCUT2D eigenvalue weighted by Crippen LogP contribution is -2.57. The van der Waals surface area contributed by atoms with Crippen LogP contribution in [0.1, 0.15) is 67.2 Å². The second-order valence-corrected chi connectivity index (χ2v) is 7.99. The van der Waals surface area contributed by atoms with Gasteiger partial charge in [0.25, 0.3) is 0 Å². The minimum absolute atomic E-state index is 0.0896. The van der Waals surface area contributed by atoms with Crippen molar-refractivity contribution in [1.82, 2.24) is 20.4 Å². The molecule has 2 N–H and O–H groups in total. The van der Waals surface area contributed by atoms with Crippen molar-refractivity contribution in [1.29, 1.82) is 0 Å². The van der Waals surface area contributed by atoms with E-state index in [1.165, 1.54) is 12.8 Å². The number of nitrogens with zero attached hydrogens (tertiary/aromatic N) is 2. The second-order valence-electron chi connectivity index (χ2n) is 7.99. The largest absolute Gasteiger partial charge is 0.353 e. The van der Waals surface area contributed by atoms with Gasteiger partial charge in [0.1, 0.15) is 0 Å². The molecule has 1 fully saturated rings. The normalized spacial score (nSPS) is 20.8. The number of carbonyl (C=O) groups excluding carboxylic acids is 2. The first-order chi connectivity index (χ1) is 12.3. The Balaban J connectivity index is 2.81. The van der Waals surface area contributed by atoms with Crippen LogP contribution in [0.2, 0.25) is 0 Å². The summed E-state index contributed by atoms with van der Waals surface area (Å²) < 4.78 is 0. The van der Waals surface area contributed by atoms with Crippen LogP contribution in [-0.2, 0) is 9.59 Å². The molecule has 6 nitrogen and oxygen atoms in total. The molecule has 0 aromatic rings. The maximum absolute atomic E-state index is 12.3. The molecule has 0 spiro atoms. The topological polar surface area (TPSA) is 64.7 Å². The molecule has 0 radical (unpaired) electrons. The van der Waals surface area contributed by atoms with Gasteiger partial charge in [-0.25, -0.2) is 0 Å². The molecule has 0 aliphatic heterocycles. The van der Waals surface area contributed by atoms with Crippen molar-refractivity contribution in [2.24, 2.45) is 0 Å². The van der Waals surface area contributed by atoms with E-state index in [-0.39, 0.29) is 23.9 Å². The van der Waals surface area contributed by atoms with Crippen molar-refractivity contribution >= 4 is 11.8 Å². The Labute approximate surface area is 160 Å². The third-order valence-electron chi connectivity index (χ3n) is 5.04. The lowest BCUT2D eigenvalue weighted by Gasteiger charge is -2.44. The molecule has 0 aromatic heterocycles. The van der Waals surface area contributed by atoms with Gasteiger partial charge in [-0.05, 0) is 53.6 Å². The predicted molar refractivity (Wildman–Crippen MR) is 107 cm³/mol. The van der Waals surface area contributed by atoms with Gasteiger partial charge in [0.05, 0.1) is 13.1 Å². The summed E-state index contributed by atoms with van der Waals surface area (Å²) >= 11 is 0. The van der Waals surface area contributed by atoms with Crippen LogP contribution in [0.5, 0.6) is 0 Å². The molecule has 0 aromatic carbocycles. The Morgan fingerprint density at radius 3 is 1.42 bits per heavy atom. The van der Waals surface area contributed by atoms with Crippen LogP contribution in [0.4, 0.5) is 0 Å². The van der Waals surface area contributed by atoms with Crippen molar-refractivity contribution in [3.05, 3.63) is 0 Å². The molecule has 2 unspecified atom stereocenters. The number of nitrogens with one attached hydrogen (secondary N) is 2. The number of hydrogen-bond acceptors (Lipinski definition) is 4. The highest BCUT2D eigenvalue weighted by Gasteiger charge is 2.34. The van der Waals surface area contributed by atoms with Gasteiger partial charge in [-0.15, -0.1) is 0 Å². The average Bonchev–Trinajstić information content (AvgIpc) is 2.56. The number of hydrogen-bond donors (Lipinski definition) is 2. The molecule has 26 heavy (non-hydrogen) atoms. The molecule has 0 saturated heterocycles. The molecule has 2 amide bonds. The van der Waals surface area contributed by atoms with Crippen LogP contribution in [0.15, 0.2) is 0 Å². The molecular formula is C20H40N4O2. The van der Waals surface area contributed by atoms with Crippen LogP contribution in [0, 0.1) is 0 Å². The molecule has 1 aliphatic carbocycles. The van der Waals surface area contributed by atoms with E-state index in [0.29, 0.717) is 25.2 Å². The number of rotatable bonds is 10. The molecule has 6 heteroatoms. The zero-order chi connectivity index (χ0) is 19.7. The first-order valence-corrected chi connectivity index (χ1v) is 10.3. The monoisotopic (exact) mass is 368 g/mol. The van der Waals surface area contributed by atoms with Gasteiger partial charge >= 0.3 is 0 Å². The van der Waals surface area contributed by atoms with E-state index < -0.39 is 0 Å². The SMILES string of the molecule is CCN(CC(=O)NC(C)C)C1CCCCC1N(CC)CC(=O)NC(C)C. The van der Waals surface area contributed by atoms with Gasteiger partial charge in [0, 0.05) is 24.2 Å². The van der Waals surface area contributed by atoms with Gasteiger partial charge in [-0.1, -0.05) is 26.7 Å².